The second-order valence-corrected chi connectivity index (χ2v) is 7.47. The zero-order valence-electron chi connectivity index (χ0n) is 14.9. The quantitative estimate of drug-likeness (QED) is 0.349. The van der Waals surface area contributed by atoms with Crippen molar-refractivity contribution in [3.63, 3.8) is 0 Å². The van der Waals surface area contributed by atoms with E-state index in [1.807, 2.05) is 0 Å². The van der Waals surface area contributed by atoms with Gasteiger partial charge in [0.1, 0.15) is 11.0 Å². The first-order chi connectivity index (χ1) is 13.5. The number of nitrogens with zero attached hydrogens (tertiary/aromatic N) is 3. The third kappa shape index (κ3) is 4.71. The number of carbonyl (C=O) groups excluding carboxylic acids is 2. The van der Waals surface area contributed by atoms with Gasteiger partial charge < -0.3 is 10.5 Å². The van der Waals surface area contributed by atoms with E-state index in [2.05, 4.69) is 10.2 Å². The number of rotatable bonds is 5. The lowest BCUT2D eigenvalue weighted by Crippen LogP contribution is -2.31. The fourth-order valence-electron chi connectivity index (χ4n) is 2.57. The number of carbonyl (C=O) groups is 2. The summed E-state index contributed by atoms with van der Waals surface area (Å²) < 4.78 is 5.09. The monoisotopic (exact) mass is 416 g/mol. The Bertz CT molecular complexity index is 929. The summed E-state index contributed by atoms with van der Waals surface area (Å²) >= 11 is 6.84. The number of nitrogens with two attached hydrogens (primary N) is 1. The Morgan fingerprint density at radius 1 is 1.21 bits per heavy atom. The van der Waals surface area contributed by atoms with Crippen LogP contribution in [0.1, 0.15) is 12.0 Å². The van der Waals surface area contributed by atoms with Crippen molar-refractivity contribution in [2.45, 2.75) is 11.7 Å². The number of ether oxygens (including phenoxy) is 1. The van der Waals surface area contributed by atoms with Crippen LogP contribution in [0, 0.1) is 0 Å². The number of amides is 2. The van der Waals surface area contributed by atoms with E-state index >= 15 is 0 Å². The highest BCUT2D eigenvalue weighted by Gasteiger charge is 2.40. The van der Waals surface area contributed by atoms with Crippen molar-refractivity contribution in [3.8, 4) is 5.75 Å². The summed E-state index contributed by atoms with van der Waals surface area (Å²) in [5, 5.41) is 7.88. The van der Waals surface area contributed by atoms with E-state index in [1.165, 1.54) is 6.21 Å². The maximum absolute atomic E-state index is 12.6. The number of halogens is 1. The molecule has 2 N–H and O–H groups in total. The van der Waals surface area contributed by atoms with Gasteiger partial charge in [-0.15, -0.1) is 5.10 Å². The molecule has 2 aromatic rings. The van der Waals surface area contributed by atoms with Crippen LogP contribution in [0.4, 0.5) is 5.69 Å². The number of hydrogen-bond acceptors (Lipinski definition) is 6. The Kier molecular flexibility index (Phi) is 6.33. The van der Waals surface area contributed by atoms with Gasteiger partial charge in [-0.1, -0.05) is 35.5 Å². The van der Waals surface area contributed by atoms with Crippen molar-refractivity contribution in [3.05, 3.63) is 59.1 Å². The lowest BCUT2D eigenvalue weighted by molar-refractivity contribution is -0.121. The molecule has 0 saturated carbocycles. The van der Waals surface area contributed by atoms with Crippen molar-refractivity contribution in [2.24, 2.45) is 15.9 Å². The van der Waals surface area contributed by atoms with Crippen LogP contribution in [0.3, 0.4) is 0 Å². The predicted molar refractivity (Wildman–Crippen MR) is 112 cm³/mol. The van der Waals surface area contributed by atoms with Crippen molar-refractivity contribution in [1.29, 1.82) is 0 Å². The second-order valence-electron chi connectivity index (χ2n) is 5.81. The smallest absolute Gasteiger partial charge is 0.247 e. The van der Waals surface area contributed by atoms with Crippen LogP contribution in [0.25, 0.3) is 0 Å². The minimum absolute atomic E-state index is 0.0483. The molecule has 7 nitrogen and oxygen atoms in total. The highest BCUT2D eigenvalue weighted by Crippen LogP contribution is 2.30. The van der Waals surface area contributed by atoms with Gasteiger partial charge in [0.25, 0.3) is 0 Å². The zero-order valence-corrected chi connectivity index (χ0v) is 16.5. The molecule has 1 unspecified atom stereocenters. The predicted octanol–water partition coefficient (Wildman–Crippen LogP) is 3.06. The summed E-state index contributed by atoms with van der Waals surface area (Å²) in [6, 6.07) is 13.8. The van der Waals surface area contributed by atoms with E-state index in [0.29, 0.717) is 16.5 Å². The molecule has 0 radical (unpaired) electrons. The van der Waals surface area contributed by atoms with Crippen LogP contribution in [0.2, 0.25) is 5.02 Å². The molecule has 1 saturated heterocycles. The van der Waals surface area contributed by atoms with Gasteiger partial charge in [0.15, 0.2) is 5.17 Å². The van der Waals surface area contributed by atoms with E-state index in [9.17, 15) is 9.59 Å². The van der Waals surface area contributed by atoms with Gasteiger partial charge in [-0.3, -0.25) is 9.59 Å². The van der Waals surface area contributed by atoms with E-state index < -0.39 is 5.25 Å². The third-order valence-corrected chi connectivity index (χ3v) is 5.16. The normalized spacial score (nSPS) is 17.6. The van der Waals surface area contributed by atoms with Crippen LogP contribution in [-0.2, 0) is 9.59 Å². The Hall–Kier alpha value is -2.84. The molecular formula is C19H17ClN4O3S. The van der Waals surface area contributed by atoms with Gasteiger partial charge in [0, 0.05) is 11.4 Å². The molecule has 1 fully saturated rings. The topological polar surface area (TPSA) is 97.3 Å². The molecule has 0 bridgehead atoms. The second kappa shape index (κ2) is 8.90. The fourth-order valence-corrected chi connectivity index (χ4v) is 3.51. The number of amidine groups is 1. The molecule has 2 aromatic carbocycles. The zero-order chi connectivity index (χ0) is 20.1. The van der Waals surface area contributed by atoms with Gasteiger partial charge in [-0.2, -0.15) is 5.10 Å². The van der Waals surface area contributed by atoms with Crippen molar-refractivity contribution < 1.29 is 14.3 Å². The molecule has 3 rings (SSSR count). The molecule has 2 amide bonds. The van der Waals surface area contributed by atoms with Crippen LogP contribution < -0.4 is 15.4 Å². The van der Waals surface area contributed by atoms with E-state index in [1.54, 1.807) is 55.6 Å². The molecule has 0 spiro atoms. The van der Waals surface area contributed by atoms with Crippen LogP contribution in [-0.4, -0.2) is 35.6 Å². The number of benzene rings is 2. The van der Waals surface area contributed by atoms with E-state index in [0.717, 1.165) is 22.2 Å². The maximum atomic E-state index is 12.6. The lowest BCUT2D eigenvalue weighted by atomic mass is 10.2. The number of anilines is 1. The fraction of sp³-hybridized carbons (Fsp3) is 0.158. The van der Waals surface area contributed by atoms with Crippen molar-refractivity contribution in [2.75, 3.05) is 12.0 Å². The van der Waals surface area contributed by atoms with Crippen LogP contribution >= 0.6 is 23.4 Å². The summed E-state index contributed by atoms with van der Waals surface area (Å²) in [7, 11) is 1.55. The summed E-state index contributed by atoms with van der Waals surface area (Å²) in [5.41, 5.74) is 7.16. The third-order valence-electron chi connectivity index (χ3n) is 3.93. The average molecular weight is 417 g/mol. The first-order valence-corrected chi connectivity index (χ1v) is 9.53. The number of hydrogen-bond donors (Lipinski definition) is 1. The molecule has 1 aliphatic rings. The molecule has 0 aliphatic carbocycles. The molecule has 1 aliphatic heterocycles. The average Bonchev–Trinajstić information content (AvgIpc) is 2.96. The summed E-state index contributed by atoms with van der Waals surface area (Å²) in [6.45, 7) is 0. The van der Waals surface area contributed by atoms with Gasteiger partial charge >= 0.3 is 0 Å². The highest BCUT2D eigenvalue weighted by atomic mass is 35.5. The van der Waals surface area contributed by atoms with Crippen LogP contribution in [0.5, 0.6) is 5.75 Å². The van der Waals surface area contributed by atoms with E-state index in [-0.39, 0.29) is 23.4 Å². The first kappa shape index (κ1) is 19.9. The maximum Gasteiger partial charge on any atom is 0.247 e. The summed E-state index contributed by atoms with van der Waals surface area (Å²) in [6.07, 6.45) is 1.57. The molecule has 1 heterocycles. The van der Waals surface area contributed by atoms with E-state index in [4.69, 9.17) is 22.1 Å². The largest absolute Gasteiger partial charge is 0.497 e. The van der Waals surface area contributed by atoms with Crippen molar-refractivity contribution >= 4 is 52.2 Å². The van der Waals surface area contributed by atoms with Gasteiger partial charge in [-0.05, 0) is 42.0 Å². The first-order valence-electron chi connectivity index (χ1n) is 8.27. The van der Waals surface area contributed by atoms with Gasteiger partial charge in [0.2, 0.25) is 11.8 Å². The molecule has 9 heteroatoms. The SMILES string of the molecule is COc1ccc(N2C(=O)CC(SC(N)=NN=Cc3ccc(Cl)cc3)C2=O)cc1. The number of thioether (sulfide) groups is 1. The van der Waals surface area contributed by atoms with Gasteiger partial charge in [0.05, 0.1) is 19.0 Å². The standard InChI is InChI=1S/C19H17ClN4O3S/c1-27-15-8-6-14(7-9-15)24-17(25)10-16(18(24)26)28-19(21)23-22-11-12-2-4-13(20)5-3-12/h2-9,11,16H,10H2,1H3,(H2,21,23). The Labute approximate surface area is 171 Å². The minimum Gasteiger partial charge on any atom is -0.497 e. The van der Waals surface area contributed by atoms with Crippen molar-refractivity contribution in [1.82, 2.24) is 0 Å². The van der Waals surface area contributed by atoms with Crippen LogP contribution in [0.15, 0.2) is 58.7 Å². The Morgan fingerprint density at radius 3 is 2.54 bits per heavy atom. The molecule has 144 valence electrons. The summed E-state index contributed by atoms with van der Waals surface area (Å²) in [4.78, 5) is 26.1. The molecule has 1 atom stereocenters. The summed E-state index contributed by atoms with van der Waals surface area (Å²) in [5.74, 6) is 0.0221. The highest BCUT2D eigenvalue weighted by molar-refractivity contribution is 8.14. The Balaban J connectivity index is 1.64. The minimum atomic E-state index is -0.635. The molecule has 28 heavy (non-hydrogen) atoms. The Morgan fingerprint density at radius 2 is 1.89 bits per heavy atom. The van der Waals surface area contributed by atoms with Gasteiger partial charge in [-0.25, -0.2) is 4.90 Å². The lowest BCUT2D eigenvalue weighted by Gasteiger charge is -2.15. The number of methoxy groups -OCH3 is 1. The number of imide groups is 1. The molecule has 0 aromatic heterocycles. The molecular weight excluding hydrogens is 400 g/mol.